The molecule has 4 heteroatoms. The molecule has 0 aliphatic heterocycles. The van der Waals surface area contributed by atoms with Gasteiger partial charge in [-0.25, -0.2) is 0 Å². The van der Waals surface area contributed by atoms with E-state index in [1.54, 1.807) is 12.1 Å². The third kappa shape index (κ3) is 3.08. The van der Waals surface area contributed by atoms with E-state index >= 15 is 0 Å². The van der Waals surface area contributed by atoms with Gasteiger partial charge >= 0.3 is 0 Å². The van der Waals surface area contributed by atoms with Crippen molar-refractivity contribution >= 4 is 34.8 Å². The van der Waals surface area contributed by atoms with Crippen LogP contribution in [0.4, 0.5) is 0 Å². The highest BCUT2D eigenvalue weighted by Gasteiger charge is 2.19. The smallest absolute Gasteiger partial charge is 0.163 e. The van der Waals surface area contributed by atoms with Crippen molar-refractivity contribution in [2.75, 3.05) is 0 Å². The fourth-order valence-electron chi connectivity index (χ4n) is 2.85. The van der Waals surface area contributed by atoms with E-state index in [2.05, 4.69) is 0 Å². The second-order valence-electron chi connectivity index (χ2n) is 5.45. The van der Waals surface area contributed by atoms with E-state index in [1.165, 1.54) is 0 Å². The fourth-order valence-corrected chi connectivity index (χ4v) is 3.24. The number of ketones is 2. The largest absolute Gasteiger partial charge is 0.294 e. The average molecular weight is 333 g/mol. The minimum Gasteiger partial charge on any atom is -0.294 e. The number of carbonyl (C=O) groups excluding carboxylic acids is 2. The lowest BCUT2D eigenvalue weighted by Crippen LogP contribution is -1.89. The predicted octanol–water partition coefficient (Wildman–Crippen LogP) is 4.94. The van der Waals surface area contributed by atoms with Crippen LogP contribution in [0.15, 0.2) is 36.4 Å². The van der Waals surface area contributed by atoms with E-state index in [9.17, 15) is 9.59 Å². The van der Waals surface area contributed by atoms with Crippen LogP contribution < -0.4 is 0 Å². The summed E-state index contributed by atoms with van der Waals surface area (Å²) in [5, 5.41) is 1.44. The van der Waals surface area contributed by atoms with Gasteiger partial charge in [-0.15, -0.1) is 0 Å². The zero-order valence-corrected chi connectivity index (χ0v) is 13.4. The first kappa shape index (κ1) is 15.3. The SMILES string of the molecule is O=C1CCc2cc(Cl)ccc21.O=C1CCc2cc(Cl)ccc21. The Morgan fingerprint density at radius 3 is 1.45 bits per heavy atom. The molecule has 0 aromatic heterocycles. The fraction of sp³-hybridized carbons (Fsp3) is 0.222. The molecule has 2 aromatic rings. The molecule has 0 fully saturated rings. The third-order valence-corrected chi connectivity index (χ3v) is 4.45. The summed E-state index contributed by atoms with van der Waals surface area (Å²) in [5.74, 6) is 0.494. The van der Waals surface area contributed by atoms with Crippen molar-refractivity contribution in [3.05, 3.63) is 68.7 Å². The molecule has 112 valence electrons. The number of halogens is 2. The van der Waals surface area contributed by atoms with Gasteiger partial charge in [0.1, 0.15) is 0 Å². The molecule has 0 saturated heterocycles. The van der Waals surface area contributed by atoms with E-state index in [0.717, 1.165) is 45.1 Å². The molecule has 2 aromatic carbocycles. The van der Waals surface area contributed by atoms with Gasteiger partial charge < -0.3 is 0 Å². The van der Waals surface area contributed by atoms with Crippen molar-refractivity contribution in [1.82, 2.24) is 0 Å². The Morgan fingerprint density at radius 2 is 1.05 bits per heavy atom. The van der Waals surface area contributed by atoms with Gasteiger partial charge in [0.05, 0.1) is 0 Å². The molecular weight excluding hydrogens is 319 g/mol. The number of aryl methyl sites for hydroxylation is 2. The Hall–Kier alpha value is -1.64. The molecular formula is C18H14Cl2O2. The summed E-state index contributed by atoms with van der Waals surface area (Å²) in [5.41, 5.74) is 3.91. The quantitative estimate of drug-likeness (QED) is 0.684. The van der Waals surface area contributed by atoms with Crippen molar-refractivity contribution in [1.29, 1.82) is 0 Å². The predicted molar refractivity (Wildman–Crippen MR) is 88.2 cm³/mol. The highest BCUT2D eigenvalue weighted by molar-refractivity contribution is 6.31. The topological polar surface area (TPSA) is 34.1 Å². The van der Waals surface area contributed by atoms with Crippen molar-refractivity contribution in [2.24, 2.45) is 0 Å². The summed E-state index contributed by atoms with van der Waals surface area (Å²) < 4.78 is 0. The molecule has 0 radical (unpaired) electrons. The molecule has 0 atom stereocenters. The molecule has 0 unspecified atom stereocenters. The van der Waals surface area contributed by atoms with E-state index < -0.39 is 0 Å². The lowest BCUT2D eigenvalue weighted by Gasteiger charge is -1.95. The van der Waals surface area contributed by atoms with Crippen LogP contribution in [0.2, 0.25) is 10.0 Å². The molecule has 2 aliphatic rings. The molecule has 0 amide bonds. The number of hydrogen-bond acceptors (Lipinski definition) is 2. The maximum atomic E-state index is 11.1. The Bertz CT molecular complexity index is 700. The van der Waals surface area contributed by atoms with Crippen LogP contribution in [0.3, 0.4) is 0 Å². The number of fused-ring (bicyclic) bond motifs is 2. The number of hydrogen-bond donors (Lipinski definition) is 0. The monoisotopic (exact) mass is 332 g/mol. The lowest BCUT2D eigenvalue weighted by atomic mass is 10.1. The van der Waals surface area contributed by atoms with Crippen LogP contribution in [0.1, 0.15) is 44.7 Å². The molecule has 0 saturated carbocycles. The standard InChI is InChI=1S/2C9H7ClO/c2*10-7-2-3-8-6(5-7)1-4-9(8)11/h2*2-3,5H,1,4H2. The average Bonchev–Trinajstić information content (AvgIpc) is 3.03. The van der Waals surface area contributed by atoms with Crippen LogP contribution in [-0.2, 0) is 12.8 Å². The molecule has 0 N–H and O–H groups in total. The third-order valence-electron chi connectivity index (χ3n) is 3.98. The minimum absolute atomic E-state index is 0.247. The van der Waals surface area contributed by atoms with Gasteiger partial charge in [0.2, 0.25) is 0 Å². The Morgan fingerprint density at radius 1 is 0.636 bits per heavy atom. The van der Waals surface area contributed by atoms with Gasteiger partial charge in [0, 0.05) is 34.0 Å². The zero-order valence-electron chi connectivity index (χ0n) is 11.9. The lowest BCUT2D eigenvalue weighted by molar-refractivity contribution is 0.0986. The highest BCUT2D eigenvalue weighted by atomic mass is 35.5. The second-order valence-corrected chi connectivity index (χ2v) is 6.32. The number of rotatable bonds is 0. The summed E-state index contributed by atoms with van der Waals surface area (Å²) in [6.45, 7) is 0. The van der Waals surface area contributed by atoms with Gasteiger partial charge in [-0.1, -0.05) is 23.2 Å². The van der Waals surface area contributed by atoms with E-state index in [0.29, 0.717) is 12.8 Å². The molecule has 4 rings (SSSR count). The highest BCUT2D eigenvalue weighted by Crippen LogP contribution is 2.25. The van der Waals surface area contributed by atoms with Crippen molar-refractivity contribution in [3.8, 4) is 0 Å². The first-order valence-electron chi connectivity index (χ1n) is 7.18. The summed E-state index contributed by atoms with van der Waals surface area (Å²) >= 11 is 11.5. The van der Waals surface area contributed by atoms with Crippen molar-refractivity contribution in [3.63, 3.8) is 0 Å². The maximum absolute atomic E-state index is 11.1. The van der Waals surface area contributed by atoms with Crippen LogP contribution in [0.25, 0.3) is 0 Å². The van der Waals surface area contributed by atoms with Crippen LogP contribution in [-0.4, -0.2) is 11.6 Å². The summed E-state index contributed by atoms with van der Waals surface area (Å²) in [6, 6.07) is 10.9. The Balaban J connectivity index is 0.000000131. The molecule has 2 nitrogen and oxygen atoms in total. The van der Waals surface area contributed by atoms with Gasteiger partial charge in [-0.3, -0.25) is 9.59 Å². The van der Waals surface area contributed by atoms with E-state index in [-0.39, 0.29) is 11.6 Å². The number of Topliss-reactive ketones (excluding diaryl/α,β-unsaturated/α-hetero) is 2. The van der Waals surface area contributed by atoms with Gasteiger partial charge in [0.15, 0.2) is 11.6 Å². The Labute approximate surface area is 139 Å². The van der Waals surface area contributed by atoms with Gasteiger partial charge in [-0.2, -0.15) is 0 Å². The Kier molecular flexibility index (Phi) is 4.32. The summed E-state index contributed by atoms with van der Waals surface area (Å²) in [4.78, 5) is 22.3. The number of benzene rings is 2. The van der Waals surface area contributed by atoms with Crippen LogP contribution >= 0.6 is 23.2 Å². The van der Waals surface area contributed by atoms with Crippen LogP contribution in [0, 0.1) is 0 Å². The molecule has 0 spiro atoms. The minimum atomic E-state index is 0.247. The number of carbonyl (C=O) groups is 2. The van der Waals surface area contributed by atoms with E-state index in [4.69, 9.17) is 23.2 Å². The molecule has 22 heavy (non-hydrogen) atoms. The first-order chi connectivity index (χ1) is 10.5. The second kappa shape index (κ2) is 6.23. The maximum Gasteiger partial charge on any atom is 0.163 e. The van der Waals surface area contributed by atoms with Crippen LogP contribution in [0.5, 0.6) is 0 Å². The summed E-state index contributed by atoms with van der Waals surface area (Å²) in [7, 11) is 0. The normalized spacial score (nSPS) is 15.2. The molecule has 2 aliphatic carbocycles. The van der Waals surface area contributed by atoms with Gasteiger partial charge in [0.25, 0.3) is 0 Å². The zero-order chi connectivity index (χ0) is 15.7. The summed E-state index contributed by atoms with van der Waals surface area (Å²) in [6.07, 6.45) is 3.01. The first-order valence-corrected chi connectivity index (χ1v) is 7.93. The van der Waals surface area contributed by atoms with Gasteiger partial charge in [-0.05, 0) is 60.4 Å². The molecule has 0 bridgehead atoms. The molecule has 0 heterocycles. The van der Waals surface area contributed by atoms with E-state index in [1.807, 2.05) is 24.3 Å². The van der Waals surface area contributed by atoms with Crippen molar-refractivity contribution < 1.29 is 9.59 Å². The van der Waals surface area contributed by atoms with Crippen molar-refractivity contribution in [2.45, 2.75) is 25.7 Å².